The van der Waals surface area contributed by atoms with Crippen molar-refractivity contribution in [2.24, 2.45) is 22.7 Å². The monoisotopic (exact) mass is 1580 g/mol. The fourth-order valence-electron chi connectivity index (χ4n) is 15.8. The van der Waals surface area contributed by atoms with E-state index in [0.29, 0.717) is 107 Å². The standard InChI is InChI=1S/C79H95ClF4N10O10S4/c1-50(52-16-18-53(19-17-52)72-51(2)85-49-106-72)86-75(99)68-39-61(95)47-94(68)76(100)73(77(3,4)5)88-70(96)14-10-7-11-15-71(97)93-45-56-43-91(44-57(56)46-93)33-29-59(48-105-62-12-8-6-9-13-62)87-67-27-25-63(40-69(67)107(101,102)79(82,83)84)108(103,104)89-74(98)54-20-23-60(24-21-54)92-36-34-90(35-37-92)42-55-41-78(31-32-78)30-28-64(55)65-26-22-58(80)38-66(65)81/h6,8-9,12-13,16-27,38,40,49-50,56-57,59,61,68,73,87,95H,7,10-11,14-15,28-37,39,41-48H2,1-5H3,(H,86,99)(H,88,96)(H,89,98)/t50-,56+,57+,59+,61+,68-,73+/m0/s1. The van der Waals surface area contributed by atoms with Crippen molar-refractivity contribution in [1.82, 2.24) is 39.9 Å². The number of sulfonamides is 1. The van der Waals surface area contributed by atoms with Gasteiger partial charge in [0.25, 0.3) is 25.8 Å². The molecular weight excluding hydrogens is 1490 g/mol. The minimum Gasteiger partial charge on any atom is -0.391 e. The Morgan fingerprint density at radius 2 is 1.49 bits per heavy atom. The number of carbonyl (C=O) groups excluding carboxylic acids is 5. The number of fused-ring (bicyclic) bond motifs is 1. The van der Waals surface area contributed by atoms with Gasteiger partial charge in [-0.3, -0.25) is 28.9 Å². The number of allylic oxidation sites excluding steroid dienone is 1. The van der Waals surface area contributed by atoms with Gasteiger partial charge in [-0.2, -0.15) is 13.2 Å². The van der Waals surface area contributed by atoms with E-state index in [-0.39, 0.29) is 66.6 Å². The number of sulfone groups is 1. The average Bonchev–Trinajstić information content (AvgIpc) is 1.34. The van der Waals surface area contributed by atoms with Gasteiger partial charge in [-0.05, 0) is 171 Å². The Morgan fingerprint density at radius 3 is 2.14 bits per heavy atom. The Morgan fingerprint density at radius 1 is 0.796 bits per heavy atom. The molecule has 1 aromatic heterocycles. The van der Waals surface area contributed by atoms with Crippen LogP contribution in [0.2, 0.25) is 5.02 Å². The van der Waals surface area contributed by atoms with E-state index in [2.05, 4.69) is 35.6 Å². The lowest BCUT2D eigenvalue weighted by molar-refractivity contribution is -0.144. The summed E-state index contributed by atoms with van der Waals surface area (Å²) in [6.45, 7) is 15.5. The van der Waals surface area contributed by atoms with Crippen molar-refractivity contribution in [3.63, 3.8) is 0 Å². The second kappa shape index (κ2) is 33.6. The van der Waals surface area contributed by atoms with Gasteiger partial charge in [-0.15, -0.1) is 23.1 Å². The van der Waals surface area contributed by atoms with Crippen molar-refractivity contribution in [2.75, 3.05) is 88.0 Å². The maximum absolute atomic E-state index is 15.2. The summed E-state index contributed by atoms with van der Waals surface area (Å²) in [5.41, 5.74) is 1.53. The largest absolute Gasteiger partial charge is 0.501 e. The fourth-order valence-corrected chi connectivity index (χ4v) is 19.7. The number of aliphatic hydroxyl groups excluding tert-OH is 1. The van der Waals surface area contributed by atoms with Gasteiger partial charge in [0.15, 0.2) is 0 Å². The molecule has 1 spiro atoms. The second-order valence-electron chi connectivity index (χ2n) is 31.0. The molecule has 5 aromatic carbocycles. The number of aliphatic hydroxyl groups is 1. The summed E-state index contributed by atoms with van der Waals surface area (Å²) in [7, 11) is -11.1. The molecule has 5 amide bonds. The van der Waals surface area contributed by atoms with Gasteiger partial charge >= 0.3 is 5.51 Å². The third kappa shape index (κ3) is 19.3. The Labute approximate surface area is 643 Å². The first-order chi connectivity index (χ1) is 51.3. The normalized spacial score (nSPS) is 20.7. The quantitative estimate of drug-likeness (QED) is 0.0174. The number of halogens is 5. The molecule has 108 heavy (non-hydrogen) atoms. The molecule has 2 aliphatic carbocycles. The number of nitrogens with zero attached hydrogens (tertiary/aromatic N) is 6. The summed E-state index contributed by atoms with van der Waals surface area (Å²) in [6, 6.07) is 27.6. The molecule has 5 N–H and O–H groups in total. The highest BCUT2D eigenvalue weighted by molar-refractivity contribution is 7.99. The highest BCUT2D eigenvalue weighted by atomic mass is 35.5. The van der Waals surface area contributed by atoms with Crippen LogP contribution in [0.25, 0.3) is 16.0 Å². The minimum atomic E-state index is -6.19. The zero-order valence-corrected chi connectivity index (χ0v) is 65.4. The number of thioether (sulfide) groups is 1. The van der Waals surface area contributed by atoms with E-state index in [1.807, 2.05) is 98.8 Å². The van der Waals surface area contributed by atoms with E-state index < -0.39 is 94.3 Å². The lowest BCUT2D eigenvalue weighted by Crippen LogP contribution is -2.57. The smallest absolute Gasteiger partial charge is 0.391 e. The van der Waals surface area contributed by atoms with Crippen LogP contribution in [0.15, 0.2) is 141 Å². The first-order valence-electron chi connectivity index (χ1n) is 37.1. The molecule has 4 aliphatic heterocycles. The lowest BCUT2D eigenvalue weighted by atomic mass is 9.78. The predicted molar refractivity (Wildman–Crippen MR) is 412 cm³/mol. The van der Waals surface area contributed by atoms with Crippen molar-refractivity contribution in [3.8, 4) is 10.4 Å². The first kappa shape index (κ1) is 80.1. The number of aromatic nitrogens is 1. The number of unbranched alkanes of at least 4 members (excludes halogenated alkanes) is 2. The number of thiazole rings is 1. The molecule has 12 rings (SSSR count). The molecule has 5 heterocycles. The highest BCUT2D eigenvalue weighted by Gasteiger charge is 2.50. The van der Waals surface area contributed by atoms with E-state index in [0.717, 1.165) is 75.8 Å². The molecule has 0 radical (unpaired) electrons. The summed E-state index contributed by atoms with van der Waals surface area (Å²) in [4.78, 5) is 82.9. The number of benzene rings is 5. The van der Waals surface area contributed by atoms with Crippen molar-refractivity contribution in [1.29, 1.82) is 0 Å². The summed E-state index contributed by atoms with van der Waals surface area (Å²) in [5, 5.41) is 20.1. The number of hydrogen-bond donors (Lipinski definition) is 5. The Hall–Kier alpha value is -7.44. The summed E-state index contributed by atoms with van der Waals surface area (Å²) in [5.74, 6) is -2.02. The molecule has 1 saturated carbocycles. The SMILES string of the molecule is Cc1ncsc1-c1ccc([C@H](C)NC(=O)[C@@H]2C[C@@H](O)CN2C(=O)[C@@H](NC(=O)CCCCCC(=O)N2C[C@H]3CN(CC[C@H](CSc4ccccc4)Nc4ccc(S(=O)(=O)NC(=O)c5ccc(N6CCN(CC7=C(c8ccc(Cl)cc8F)CCC8(CC8)C7)CC6)cc5)cc4S(=O)(=O)C(F)(F)F)C[C@@H]3C2)C(C)(C)C)cc1. The molecule has 0 unspecified atom stereocenters. The summed E-state index contributed by atoms with van der Waals surface area (Å²) >= 11 is 9.06. The molecular formula is C79H95ClF4N10O10S4. The molecule has 7 atom stereocenters. The third-order valence-corrected chi connectivity index (χ3v) is 27.4. The Bertz CT molecular complexity index is 4520. The number of likely N-dealkylation sites (tertiary alicyclic amines) is 3. The third-order valence-electron chi connectivity index (χ3n) is 22.1. The van der Waals surface area contributed by atoms with Crippen LogP contribution in [0.5, 0.6) is 0 Å². The fraction of sp³-hybridized carbons (Fsp3) is 0.494. The van der Waals surface area contributed by atoms with Crippen molar-refractivity contribution >= 4 is 101 Å². The number of hydrogen-bond acceptors (Lipinski definition) is 17. The average molecular weight is 1580 g/mol. The molecule has 6 aliphatic rings. The lowest BCUT2D eigenvalue weighted by Gasteiger charge is -2.38. The number of amides is 5. The van der Waals surface area contributed by atoms with Crippen molar-refractivity contribution < 1.29 is 63.5 Å². The minimum absolute atomic E-state index is 0.000592. The second-order valence-corrected chi connectivity index (χ2v) is 37.0. The summed E-state index contributed by atoms with van der Waals surface area (Å²) in [6.07, 6.45) is 6.59. The van der Waals surface area contributed by atoms with E-state index in [9.17, 15) is 59.1 Å². The maximum Gasteiger partial charge on any atom is 0.501 e. The Kier molecular flexibility index (Phi) is 24.9. The molecule has 580 valence electrons. The molecule has 4 saturated heterocycles. The van der Waals surface area contributed by atoms with Crippen molar-refractivity contribution in [2.45, 2.75) is 162 Å². The molecule has 5 fully saturated rings. The van der Waals surface area contributed by atoms with Crippen LogP contribution in [0.3, 0.4) is 0 Å². The zero-order valence-electron chi connectivity index (χ0n) is 61.4. The molecule has 20 nitrogen and oxygen atoms in total. The van der Waals surface area contributed by atoms with Gasteiger partial charge in [0.2, 0.25) is 23.6 Å². The summed E-state index contributed by atoms with van der Waals surface area (Å²) < 4.78 is 116. The number of alkyl halides is 3. The van der Waals surface area contributed by atoms with Crippen LogP contribution in [0.1, 0.15) is 138 Å². The topological polar surface area (TPSA) is 251 Å². The van der Waals surface area contributed by atoms with Gasteiger partial charge in [-0.1, -0.05) is 92.9 Å². The van der Waals surface area contributed by atoms with E-state index in [1.165, 1.54) is 53.3 Å². The molecule has 6 aromatic rings. The zero-order chi connectivity index (χ0) is 77.0. The van der Waals surface area contributed by atoms with Crippen LogP contribution < -0.4 is 25.6 Å². The molecule has 29 heteroatoms. The Balaban J connectivity index is 0.604. The maximum atomic E-state index is 15.2. The number of nitrogens with one attached hydrogen (secondary N) is 4. The van der Waals surface area contributed by atoms with Crippen molar-refractivity contribution in [3.05, 3.63) is 160 Å². The van der Waals surface area contributed by atoms with Crippen LogP contribution in [-0.4, -0.2) is 184 Å². The van der Waals surface area contributed by atoms with Crippen LogP contribution in [0.4, 0.5) is 28.9 Å². The highest BCUT2D eigenvalue weighted by Crippen LogP contribution is 2.59. The van der Waals surface area contributed by atoms with E-state index >= 15 is 4.39 Å². The number of β-amino-alcohol motifs (C(OH)–C–C–N with tert-alkyl or cyclic N) is 1. The number of aryl methyl sites for hydroxylation is 1. The van der Waals surface area contributed by atoms with Crippen LogP contribution >= 0.6 is 34.7 Å². The molecule has 0 bridgehead atoms. The first-order valence-corrected chi connectivity index (χ1v) is 42.3. The number of rotatable bonds is 28. The number of carbonyl (C=O) groups is 5. The van der Waals surface area contributed by atoms with Gasteiger partial charge in [0.1, 0.15) is 22.8 Å². The van der Waals surface area contributed by atoms with Gasteiger partial charge in [0, 0.05) is 130 Å². The number of anilines is 2. The van der Waals surface area contributed by atoms with Gasteiger partial charge in [0.05, 0.1) is 38.8 Å². The van der Waals surface area contributed by atoms with E-state index in [4.69, 9.17) is 11.6 Å². The van der Waals surface area contributed by atoms with Gasteiger partial charge in [-0.25, -0.2) is 30.9 Å². The predicted octanol–water partition coefficient (Wildman–Crippen LogP) is 12.5. The number of piperazine rings is 1. The van der Waals surface area contributed by atoms with Crippen LogP contribution in [0, 0.1) is 35.4 Å². The van der Waals surface area contributed by atoms with E-state index in [1.54, 1.807) is 41.1 Å². The van der Waals surface area contributed by atoms with Crippen LogP contribution in [-0.2, 0) is 39.0 Å². The van der Waals surface area contributed by atoms with Gasteiger partial charge < -0.3 is 40.7 Å².